The summed E-state index contributed by atoms with van der Waals surface area (Å²) in [5.74, 6) is 0. The first-order chi connectivity index (χ1) is 2.77. The fourth-order valence-corrected chi connectivity index (χ4v) is 0.0280. The minimum atomic E-state index is -0.565. The van der Waals surface area contributed by atoms with Crippen molar-refractivity contribution in [2.75, 3.05) is 0 Å². The van der Waals surface area contributed by atoms with Crippen LogP contribution in [0.25, 0.3) is 4.95 Å². The summed E-state index contributed by atoms with van der Waals surface area (Å²) < 4.78 is 6.24. The summed E-state index contributed by atoms with van der Waals surface area (Å²) in [5, 5.41) is 6.24. The Bertz CT molecular complexity index is 91.5. The molecule has 3 heteroatoms. The Morgan fingerprint density at radius 2 is 3.00 bits per heavy atom. The lowest BCUT2D eigenvalue weighted by atomic mass is 11.4. The van der Waals surface area contributed by atoms with Crippen molar-refractivity contribution in [3.05, 3.63) is 11.5 Å². The van der Waals surface area contributed by atoms with Crippen LogP contribution in [0.4, 0.5) is 0 Å². The van der Waals surface area contributed by atoms with Gasteiger partial charge in [0, 0.05) is 0 Å². The minimum Gasteiger partial charge on any atom is -0.286 e. The first kappa shape index (κ1) is 2.21. The van der Waals surface area contributed by atoms with Crippen LogP contribution in [0, 0.1) is 12.0 Å². The molecule has 3 nitrogen and oxygen atoms in total. The molecule has 0 rings (SSSR count). The molecule has 0 saturated carbocycles. The summed E-state index contributed by atoms with van der Waals surface area (Å²) in [6, 6.07) is 0. The first-order valence-electron chi connectivity index (χ1n) is 1.45. The standard InChI is InChI=1S/C2H3N3/c1-4-5-2-3/h2H,(H2,3,5)/i2D. The second-order valence-corrected chi connectivity index (χ2v) is 0.349. The molecule has 0 atom stereocenters. The van der Waals surface area contributed by atoms with E-state index in [1.165, 1.54) is 0 Å². The maximum atomic E-state index is 6.24. The fraction of sp³-hybridized carbons (Fsp3) is 0. The zero-order valence-corrected chi connectivity index (χ0v) is 2.45. The fourth-order valence-electron chi connectivity index (χ4n) is 0.0280. The molecule has 0 spiro atoms. The smallest absolute Gasteiger partial charge is 0.154 e. The number of amidine groups is 1. The quantitative estimate of drug-likeness (QED) is 0.179. The molecule has 0 aromatic rings. The van der Waals surface area contributed by atoms with E-state index < -0.39 is 6.31 Å². The number of nitrogens with one attached hydrogen (secondary N) is 2. The number of hydrogen-bond donors (Lipinski definition) is 2. The Morgan fingerprint density at radius 3 is 3.00 bits per heavy atom. The van der Waals surface area contributed by atoms with Crippen molar-refractivity contribution >= 4 is 6.31 Å². The highest BCUT2D eigenvalue weighted by molar-refractivity contribution is 5.50. The van der Waals surface area contributed by atoms with E-state index in [0.717, 1.165) is 0 Å². The van der Waals surface area contributed by atoms with Gasteiger partial charge in [0.1, 0.15) is 1.37 Å². The van der Waals surface area contributed by atoms with Crippen LogP contribution in [-0.2, 0) is 0 Å². The molecule has 0 aromatic carbocycles. The third-order valence-electron chi connectivity index (χ3n) is 0.112. The summed E-state index contributed by atoms with van der Waals surface area (Å²) in [6.45, 7) is 5.99. The second-order valence-electron chi connectivity index (χ2n) is 0.349. The SMILES string of the molecule is [2H]C(=N)N[N+]#[C-]. The highest BCUT2D eigenvalue weighted by Crippen LogP contribution is 1.35. The van der Waals surface area contributed by atoms with Gasteiger partial charge in [-0.2, -0.15) is 11.5 Å². The van der Waals surface area contributed by atoms with Gasteiger partial charge in [0.05, 0.1) is 0 Å². The summed E-state index contributed by atoms with van der Waals surface area (Å²) >= 11 is 0. The van der Waals surface area contributed by atoms with Crippen LogP contribution in [0.15, 0.2) is 0 Å². The predicted molar refractivity (Wildman–Crippen MR) is 18.5 cm³/mol. The molecular weight excluding hydrogens is 66.0 g/mol. The molecule has 0 aliphatic heterocycles. The van der Waals surface area contributed by atoms with Crippen molar-refractivity contribution in [2.45, 2.75) is 0 Å². The van der Waals surface area contributed by atoms with Crippen molar-refractivity contribution in [3.8, 4) is 0 Å². The van der Waals surface area contributed by atoms with Crippen LogP contribution in [0.3, 0.4) is 0 Å². The summed E-state index contributed by atoms with van der Waals surface area (Å²) in [5.41, 5.74) is 1.75. The third kappa shape index (κ3) is 2.96. The summed E-state index contributed by atoms with van der Waals surface area (Å²) in [4.78, 5) is 2.52. The maximum absolute atomic E-state index is 6.24. The molecule has 26 valence electrons. The molecule has 0 aromatic heterocycles. The van der Waals surface area contributed by atoms with Gasteiger partial charge < -0.3 is 0 Å². The third-order valence-corrected chi connectivity index (χ3v) is 0.112. The first-order valence-corrected chi connectivity index (χ1v) is 0.947. The van der Waals surface area contributed by atoms with Crippen LogP contribution in [0.2, 0.25) is 0 Å². The van der Waals surface area contributed by atoms with Crippen molar-refractivity contribution in [2.24, 2.45) is 0 Å². The van der Waals surface area contributed by atoms with Crippen molar-refractivity contribution in [1.82, 2.24) is 5.43 Å². The Labute approximate surface area is 31.3 Å². The average molecular weight is 70.1 g/mol. The summed E-state index contributed by atoms with van der Waals surface area (Å²) in [7, 11) is 0. The van der Waals surface area contributed by atoms with Gasteiger partial charge in [0.2, 0.25) is 0 Å². The normalized spacial score (nSPS) is 7.40. The van der Waals surface area contributed by atoms with E-state index in [2.05, 4.69) is 4.95 Å². The molecule has 0 heterocycles. The number of hydrogen-bond acceptors (Lipinski definition) is 1. The van der Waals surface area contributed by atoms with E-state index in [4.69, 9.17) is 13.4 Å². The van der Waals surface area contributed by atoms with Gasteiger partial charge in [-0.15, -0.1) is 0 Å². The molecule has 0 aliphatic rings. The van der Waals surface area contributed by atoms with Crippen LogP contribution in [-0.4, -0.2) is 6.31 Å². The topological polar surface area (TPSA) is 40.2 Å². The second kappa shape index (κ2) is 2.96. The van der Waals surface area contributed by atoms with E-state index in [1.54, 1.807) is 5.43 Å². The van der Waals surface area contributed by atoms with E-state index >= 15 is 0 Å². The van der Waals surface area contributed by atoms with Gasteiger partial charge >= 0.3 is 0 Å². The monoisotopic (exact) mass is 70.0 g/mol. The van der Waals surface area contributed by atoms with E-state index in [-0.39, 0.29) is 0 Å². The predicted octanol–water partition coefficient (Wildman–Crippen LogP) is 0.0174. The van der Waals surface area contributed by atoms with E-state index in [0.29, 0.717) is 0 Å². The van der Waals surface area contributed by atoms with Crippen LogP contribution < -0.4 is 5.43 Å². The van der Waals surface area contributed by atoms with Crippen molar-refractivity contribution < 1.29 is 1.37 Å². The number of rotatable bonds is 0. The highest BCUT2D eigenvalue weighted by Gasteiger charge is 1.52. The Morgan fingerprint density at radius 1 is 2.40 bits per heavy atom. The molecule has 5 heavy (non-hydrogen) atoms. The largest absolute Gasteiger partial charge is 0.286 e. The number of nitrogens with zero attached hydrogens (tertiary/aromatic N) is 1. The zero-order chi connectivity index (χ0) is 4.99. The lowest BCUT2D eigenvalue weighted by molar-refractivity contribution is 1.28. The molecule has 0 aliphatic carbocycles. The lowest BCUT2D eigenvalue weighted by Crippen LogP contribution is -1.92. The van der Waals surface area contributed by atoms with Gasteiger partial charge in [-0.05, 0) is 0 Å². The van der Waals surface area contributed by atoms with Crippen molar-refractivity contribution in [3.63, 3.8) is 0 Å². The van der Waals surface area contributed by atoms with Gasteiger partial charge in [-0.25, -0.2) is 0 Å². The average Bonchev–Trinajstić information content (AvgIpc) is 1.35. The van der Waals surface area contributed by atoms with Crippen LogP contribution in [0.1, 0.15) is 1.37 Å². The van der Waals surface area contributed by atoms with Crippen LogP contribution in [0.5, 0.6) is 0 Å². The van der Waals surface area contributed by atoms with Gasteiger partial charge in [-0.1, -0.05) is 5.43 Å². The maximum Gasteiger partial charge on any atom is 0.154 e. The highest BCUT2D eigenvalue weighted by atomic mass is 15.2. The van der Waals surface area contributed by atoms with Gasteiger partial charge in [-0.3, -0.25) is 5.41 Å². The Kier molecular flexibility index (Phi) is 1.31. The summed E-state index contributed by atoms with van der Waals surface area (Å²) in [6.07, 6.45) is -0.565. The molecule has 2 N–H and O–H groups in total. The van der Waals surface area contributed by atoms with Crippen molar-refractivity contribution in [1.29, 1.82) is 5.41 Å². The lowest BCUT2D eigenvalue weighted by Gasteiger charge is -1.61. The molecule has 0 fully saturated rings. The molecular formula is C2H3N3. The Hall–Kier alpha value is -1.04. The minimum absolute atomic E-state index is 0.565. The van der Waals surface area contributed by atoms with E-state index in [1.807, 2.05) is 0 Å². The van der Waals surface area contributed by atoms with E-state index in [9.17, 15) is 0 Å². The molecule has 0 bridgehead atoms. The van der Waals surface area contributed by atoms with Gasteiger partial charge in [0.25, 0.3) is 0 Å². The molecule has 0 unspecified atom stereocenters. The van der Waals surface area contributed by atoms with Gasteiger partial charge in [0.15, 0.2) is 6.31 Å². The Balaban J connectivity index is 3.13. The zero-order valence-electron chi connectivity index (χ0n) is 3.45. The molecule has 0 saturated heterocycles. The van der Waals surface area contributed by atoms with Crippen LogP contribution >= 0.6 is 0 Å². The molecule has 0 radical (unpaired) electrons. The molecule has 0 amide bonds.